The highest BCUT2D eigenvalue weighted by Gasteiger charge is 2.29. The van der Waals surface area contributed by atoms with Crippen LogP contribution in [0.3, 0.4) is 0 Å². The number of nitrogens with one attached hydrogen (secondary N) is 1. The van der Waals surface area contributed by atoms with Crippen LogP contribution in [0.15, 0.2) is 60.3 Å². The molecule has 3 heterocycles. The molecule has 1 amide bonds. The van der Waals surface area contributed by atoms with E-state index in [-0.39, 0.29) is 18.0 Å². The third-order valence-electron chi connectivity index (χ3n) is 5.41. The molecular weight excluding hydrogens is 456 g/mol. The van der Waals surface area contributed by atoms with Crippen LogP contribution in [-0.2, 0) is 17.9 Å². The Kier molecular flexibility index (Phi) is 6.31. The Morgan fingerprint density at radius 1 is 1.18 bits per heavy atom. The Bertz CT molecular complexity index is 1210. The number of benzene rings is 2. The monoisotopic (exact) mass is 480 g/mol. The molecule has 176 valence electrons. The molecule has 10 heteroatoms. The van der Waals surface area contributed by atoms with Crippen molar-refractivity contribution in [1.82, 2.24) is 20.1 Å². The van der Waals surface area contributed by atoms with E-state index in [0.717, 1.165) is 5.56 Å². The zero-order chi connectivity index (χ0) is 23.5. The Balaban J connectivity index is 1.24. The third kappa shape index (κ3) is 4.54. The number of allylic oxidation sites excluding steroid dienone is 1. The number of carbonyl (C=O) groups excluding carboxylic acids is 1. The Hall–Kier alpha value is -3.66. The van der Waals surface area contributed by atoms with Crippen molar-refractivity contribution in [1.29, 1.82) is 0 Å². The standard InChI is InChI=1S/C24H24N4O5S/c1-3-10-28-22(21-13-30-17-6-4-5-7-19(17)33-21)26-27-24(28)34-15(2)23(29)25-12-16-8-9-18-20(11-16)32-14-31-18/h3-9,11,15,21H,1,10,12-14H2,2H3,(H,25,29). The van der Waals surface area contributed by atoms with Gasteiger partial charge in [0.2, 0.25) is 12.7 Å². The summed E-state index contributed by atoms with van der Waals surface area (Å²) >= 11 is 1.33. The number of para-hydroxylation sites is 2. The first kappa shape index (κ1) is 22.1. The van der Waals surface area contributed by atoms with Crippen molar-refractivity contribution in [3.05, 3.63) is 66.5 Å². The van der Waals surface area contributed by atoms with E-state index in [9.17, 15) is 4.79 Å². The van der Waals surface area contributed by atoms with Gasteiger partial charge in [0, 0.05) is 13.1 Å². The molecule has 34 heavy (non-hydrogen) atoms. The van der Waals surface area contributed by atoms with E-state index in [1.165, 1.54) is 11.8 Å². The van der Waals surface area contributed by atoms with Gasteiger partial charge in [-0.25, -0.2) is 0 Å². The van der Waals surface area contributed by atoms with Crippen molar-refractivity contribution in [2.24, 2.45) is 0 Å². The van der Waals surface area contributed by atoms with Crippen molar-refractivity contribution in [3.63, 3.8) is 0 Å². The fourth-order valence-electron chi connectivity index (χ4n) is 3.67. The van der Waals surface area contributed by atoms with E-state index in [1.54, 1.807) is 6.08 Å². The number of hydrogen-bond acceptors (Lipinski definition) is 8. The predicted octanol–water partition coefficient (Wildman–Crippen LogP) is 3.50. The lowest BCUT2D eigenvalue weighted by Gasteiger charge is -2.26. The van der Waals surface area contributed by atoms with Crippen LogP contribution in [0.1, 0.15) is 24.4 Å². The van der Waals surface area contributed by atoms with Gasteiger partial charge in [-0.15, -0.1) is 16.8 Å². The highest BCUT2D eigenvalue weighted by molar-refractivity contribution is 8.00. The summed E-state index contributed by atoms with van der Waals surface area (Å²) in [5.41, 5.74) is 0.932. The van der Waals surface area contributed by atoms with Crippen LogP contribution < -0.4 is 24.3 Å². The smallest absolute Gasteiger partial charge is 0.233 e. The van der Waals surface area contributed by atoms with Gasteiger partial charge in [-0.1, -0.05) is 36.0 Å². The van der Waals surface area contributed by atoms with Gasteiger partial charge in [0.05, 0.1) is 5.25 Å². The molecule has 0 fully saturated rings. The van der Waals surface area contributed by atoms with E-state index in [0.29, 0.717) is 53.7 Å². The molecule has 2 aliphatic rings. The number of rotatable bonds is 8. The highest BCUT2D eigenvalue weighted by Crippen LogP contribution is 2.36. The van der Waals surface area contributed by atoms with Gasteiger partial charge >= 0.3 is 0 Å². The molecular formula is C24H24N4O5S. The van der Waals surface area contributed by atoms with Crippen LogP contribution in [0.2, 0.25) is 0 Å². The van der Waals surface area contributed by atoms with Crippen LogP contribution in [-0.4, -0.2) is 39.3 Å². The fourth-order valence-corrected chi connectivity index (χ4v) is 4.56. The molecule has 0 radical (unpaired) electrons. The number of hydrogen-bond donors (Lipinski definition) is 1. The van der Waals surface area contributed by atoms with Gasteiger partial charge in [0.15, 0.2) is 40.1 Å². The molecule has 0 aliphatic carbocycles. The Morgan fingerprint density at radius 2 is 1.97 bits per heavy atom. The van der Waals surface area contributed by atoms with Crippen LogP contribution in [0, 0.1) is 0 Å². The minimum atomic E-state index is -0.410. The molecule has 2 aliphatic heterocycles. The number of thioether (sulfide) groups is 1. The fraction of sp³-hybridized carbons (Fsp3) is 0.292. The van der Waals surface area contributed by atoms with E-state index < -0.39 is 6.10 Å². The molecule has 9 nitrogen and oxygen atoms in total. The largest absolute Gasteiger partial charge is 0.485 e. The highest BCUT2D eigenvalue weighted by atomic mass is 32.2. The summed E-state index contributed by atoms with van der Waals surface area (Å²) in [6.45, 7) is 7.09. The molecule has 1 N–H and O–H groups in total. The first-order valence-electron chi connectivity index (χ1n) is 10.9. The molecule has 0 bridgehead atoms. The molecule has 0 saturated carbocycles. The lowest BCUT2D eigenvalue weighted by atomic mass is 10.2. The van der Waals surface area contributed by atoms with Gasteiger partial charge in [0.1, 0.15) is 6.61 Å². The molecule has 3 aromatic rings. The zero-order valence-electron chi connectivity index (χ0n) is 18.6. The summed E-state index contributed by atoms with van der Waals surface area (Å²) in [6, 6.07) is 13.1. The second-order valence-corrected chi connectivity index (χ2v) is 9.08. The minimum absolute atomic E-state index is 0.108. The third-order valence-corrected chi connectivity index (χ3v) is 6.49. The van der Waals surface area contributed by atoms with E-state index in [1.807, 2.05) is 54.0 Å². The van der Waals surface area contributed by atoms with Crippen LogP contribution in [0.5, 0.6) is 23.0 Å². The topological polar surface area (TPSA) is 96.7 Å². The van der Waals surface area contributed by atoms with E-state index in [2.05, 4.69) is 22.1 Å². The normalized spacial score (nSPS) is 16.7. The SMILES string of the molecule is C=CCn1c(SC(C)C(=O)NCc2ccc3c(c2)OCO3)nnc1C1COc2ccccc2O1. The van der Waals surface area contributed by atoms with Gasteiger partial charge < -0.3 is 24.3 Å². The molecule has 2 unspecified atom stereocenters. The summed E-state index contributed by atoms with van der Waals surface area (Å²) in [7, 11) is 0. The maximum Gasteiger partial charge on any atom is 0.233 e. The van der Waals surface area contributed by atoms with Crippen LogP contribution in [0.4, 0.5) is 0 Å². The number of fused-ring (bicyclic) bond motifs is 2. The predicted molar refractivity (Wildman–Crippen MR) is 125 cm³/mol. The number of aromatic nitrogens is 3. The van der Waals surface area contributed by atoms with E-state index in [4.69, 9.17) is 18.9 Å². The molecule has 2 aromatic carbocycles. The van der Waals surface area contributed by atoms with Gasteiger partial charge in [-0.05, 0) is 36.8 Å². The Morgan fingerprint density at radius 3 is 2.82 bits per heavy atom. The summed E-state index contributed by atoms with van der Waals surface area (Å²) in [5, 5.41) is 11.9. The number of amides is 1. The quantitative estimate of drug-likeness (QED) is 0.387. The second kappa shape index (κ2) is 9.68. The number of carbonyl (C=O) groups is 1. The Labute approximate surface area is 201 Å². The average Bonchev–Trinajstić information content (AvgIpc) is 3.49. The molecule has 0 spiro atoms. The van der Waals surface area contributed by atoms with Gasteiger partial charge in [0.25, 0.3) is 0 Å². The van der Waals surface area contributed by atoms with E-state index >= 15 is 0 Å². The minimum Gasteiger partial charge on any atom is -0.485 e. The van der Waals surface area contributed by atoms with Crippen molar-refractivity contribution in [3.8, 4) is 23.0 Å². The molecule has 0 saturated heterocycles. The van der Waals surface area contributed by atoms with Crippen LogP contribution in [0.25, 0.3) is 0 Å². The zero-order valence-corrected chi connectivity index (χ0v) is 19.4. The first-order chi connectivity index (χ1) is 16.6. The summed E-state index contributed by atoms with van der Waals surface area (Å²) < 4.78 is 24.6. The lowest BCUT2D eigenvalue weighted by Crippen LogP contribution is -2.30. The molecule has 5 rings (SSSR count). The number of nitrogens with zero attached hydrogens (tertiary/aromatic N) is 3. The first-order valence-corrected chi connectivity index (χ1v) is 11.8. The van der Waals surface area contributed by atoms with Crippen LogP contribution >= 0.6 is 11.8 Å². The maximum atomic E-state index is 12.8. The summed E-state index contributed by atoms with van der Waals surface area (Å²) in [4.78, 5) is 12.8. The number of ether oxygens (including phenoxy) is 4. The van der Waals surface area contributed by atoms with Crippen molar-refractivity contribution < 1.29 is 23.7 Å². The molecule has 2 atom stereocenters. The van der Waals surface area contributed by atoms with Gasteiger partial charge in [-0.2, -0.15) is 0 Å². The van der Waals surface area contributed by atoms with Crippen molar-refractivity contribution >= 4 is 17.7 Å². The summed E-state index contributed by atoms with van der Waals surface area (Å²) in [5.74, 6) is 3.30. The lowest BCUT2D eigenvalue weighted by molar-refractivity contribution is -0.120. The average molecular weight is 481 g/mol. The summed E-state index contributed by atoms with van der Waals surface area (Å²) in [6.07, 6.45) is 1.35. The second-order valence-electron chi connectivity index (χ2n) is 7.77. The maximum absolute atomic E-state index is 12.8. The van der Waals surface area contributed by atoms with Gasteiger partial charge in [-0.3, -0.25) is 9.36 Å². The van der Waals surface area contributed by atoms with Crippen molar-refractivity contribution in [2.75, 3.05) is 13.4 Å². The van der Waals surface area contributed by atoms with Crippen molar-refractivity contribution in [2.45, 2.75) is 36.5 Å². The molecule has 1 aromatic heterocycles.